The fourth-order valence-corrected chi connectivity index (χ4v) is 3.29. The minimum atomic E-state index is -0.679. The first-order valence-corrected chi connectivity index (χ1v) is 6.42. The van der Waals surface area contributed by atoms with Gasteiger partial charge in [-0.2, -0.15) is 0 Å². The summed E-state index contributed by atoms with van der Waals surface area (Å²) in [6, 6.07) is 1.90. The Morgan fingerprint density at radius 1 is 1.62 bits per heavy atom. The van der Waals surface area contributed by atoms with E-state index in [0.717, 1.165) is 25.9 Å². The van der Waals surface area contributed by atoms with E-state index in [-0.39, 0.29) is 6.04 Å². The highest BCUT2D eigenvalue weighted by atomic mass is 32.1. The van der Waals surface area contributed by atoms with E-state index < -0.39 is 5.97 Å². The van der Waals surface area contributed by atoms with E-state index in [4.69, 9.17) is 5.11 Å². The topological polar surface area (TPSA) is 40.5 Å². The molecular weight excluding hydrogens is 222 g/mol. The Balaban J connectivity index is 2.09. The first kappa shape index (κ1) is 11.6. The molecule has 1 aliphatic rings. The van der Waals surface area contributed by atoms with Crippen LogP contribution in [0, 0.1) is 13.8 Å². The summed E-state index contributed by atoms with van der Waals surface area (Å²) >= 11 is 1.79. The van der Waals surface area contributed by atoms with Crippen LogP contribution in [0.15, 0.2) is 6.07 Å². The van der Waals surface area contributed by atoms with Crippen LogP contribution < -0.4 is 0 Å². The van der Waals surface area contributed by atoms with Crippen molar-refractivity contribution in [3.8, 4) is 0 Å². The summed E-state index contributed by atoms with van der Waals surface area (Å²) in [5, 5.41) is 9.10. The molecule has 0 spiro atoms. The van der Waals surface area contributed by atoms with E-state index in [0.29, 0.717) is 0 Å². The van der Waals surface area contributed by atoms with Crippen molar-refractivity contribution in [3.63, 3.8) is 0 Å². The van der Waals surface area contributed by atoms with Crippen molar-refractivity contribution in [2.45, 2.75) is 39.3 Å². The van der Waals surface area contributed by atoms with Crippen LogP contribution in [0.4, 0.5) is 0 Å². The summed E-state index contributed by atoms with van der Waals surface area (Å²) in [6.07, 6.45) is 1.79. The second-order valence-electron chi connectivity index (χ2n) is 4.41. The molecule has 0 unspecified atom stereocenters. The summed E-state index contributed by atoms with van der Waals surface area (Å²) in [6.45, 7) is 5.90. The summed E-state index contributed by atoms with van der Waals surface area (Å²) < 4.78 is 0. The first-order chi connectivity index (χ1) is 7.58. The third kappa shape index (κ3) is 2.28. The average Bonchev–Trinajstić information content (AvgIpc) is 2.75. The van der Waals surface area contributed by atoms with Crippen molar-refractivity contribution in [1.29, 1.82) is 0 Å². The minimum Gasteiger partial charge on any atom is -0.480 e. The molecule has 1 aromatic rings. The largest absolute Gasteiger partial charge is 0.480 e. The standard InChI is InChI=1S/C12H17NO2S/c1-8-6-10(9(2)16-8)7-13-5-3-4-11(13)12(14)15/h6,11H,3-5,7H2,1-2H3,(H,14,15)/t11-/m0/s1. The quantitative estimate of drug-likeness (QED) is 0.880. The molecule has 0 aromatic carbocycles. The summed E-state index contributed by atoms with van der Waals surface area (Å²) in [5.74, 6) is -0.679. The molecule has 2 rings (SSSR count). The third-order valence-electron chi connectivity index (χ3n) is 3.17. The SMILES string of the molecule is Cc1cc(CN2CCC[C@H]2C(=O)O)c(C)s1. The van der Waals surface area contributed by atoms with Gasteiger partial charge in [0.25, 0.3) is 0 Å². The molecule has 2 heterocycles. The fraction of sp³-hybridized carbons (Fsp3) is 0.583. The van der Waals surface area contributed by atoms with Crippen molar-refractivity contribution in [1.82, 2.24) is 4.90 Å². The number of rotatable bonds is 3. The third-order valence-corrected chi connectivity index (χ3v) is 4.17. The Morgan fingerprint density at radius 2 is 2.38 bits per heavy atom. The normalized spacial score (nSPS) is 21.5. The maximum atomic E-state index is 11.1. The lowest BCUT2D eigenvalue weighted by atomic mass is 10.2. The van der Waals surface area contributed by atoms with Gasteiger partial charge in [0.2, 0.25) is 0 Å². The predicted molar refractivity (Wildman–Crippen MR) is 64.9 cm³/mol. The number of nitrogens with zero attached hydrogens (tertiary/aromatic N) is 1. The highest BCUT2D eigenvalue weighted by Gasteiger charge is 2.30. The number of aryl methyl sites for hydroxylation is 2. The molecule has 16 heavy (non-hydrogen) atoms. The molecule has 4 heteroatoms. The van der Waals surface area contributed by atoms with Crippen LogP contribution >= 0.6 is 11.3 Å². The molecular formula is C12H17NO2S. The molecule has 1 aromatic heterocycles. The van der Waals surface area contributed by atoms with Gasteiger partial charge in [-0.25, -0.2) is 0 Å². The van der Waals surface area contributed by atoms with Crippen molar-refractivity contribution in [2.75, 3.05) is 6.54 Å². The molecule has 0 bridgehead atoms. The molecule has 1 fully saturated rings. The second kappa shape index (κ2) is 4.55. The van der Waals surface area contributed by atoms with Gasteiger partial charge in [-0.15, -0.1) is 11.3 Å². The van der Waals surface area contributed by atoms with Crippen LogP contribution in [-0.4, -0.2) is 28.6 Å². The zero-order valence-corrected chi connectivity index (χ0v) is 10.5. The van der Waals surface area contributed by atoms with Crippen molar-refractivity contribution >= 4 is 17.3 Å². The molecule has 0 radical (unpaired) electrons. The van der Waals surface area contributed by atoms with Gasteiger partial charge < -0.3 is 5.11 Å². The Kier molecular flexibility index (Phi) is 3.30. The number of aliphatic carboxylic acids is 1. The van der Waals surface area contributed by atoms with Gasteiger partial charge in [0.05, 0.1) is 0 Å². The number of carbonyl (C=O) groups is 1. The smallest absolute Gasteiger partial charge is 0.320 e. The number of carboxylic acid groups (broad SMARTS) is 1. The Hall–Kier alpha value is -0.870. The van der Waals surface area contributed by atoms with E-state index in [1.54, 1.807) is 11.3 Å². The highest BCUT2D eigenvalue weighted by molar-refractivity contribution is 7.12. The average molecular weight is 239 g/mol. The predicted octanol–water partition coefficient (Wildman–Crippen LogP) is 2.41. The Bertz CT molecular complexity index is 400. The molecule has 88 valence electrons. The van der Waals surface area contributed by atoms with Gasteiger partial charge in [0.1, 0.15) is 6.04 Å². The molecule has 1 N–H and O–H groups in total. The lowest BCUT2D eigenvalue weighted by Crippen LogP contribution is -2.35. The summed E-state index contributed by atoms with van der Waals surface area (Å²) in [5.41, 5.74) is 1.29. The van der Waals surface area contributed by atoms with Crippen LogP contribution in [-0.2, 0) is 11.3 Å². The van der Waals surface area contributed by atoms with Crippen LogP contribution in [0.5, 0.6) is 0 Å². The zero-order chi connectivity index (χ0) is 11.7. The molecule has 3 nitrogen and oxygen atoms in total. The van der Waals surface area contributed by atoms with E-state index in [9.17, 15) is 4.79 Å². The van der Waals surface area contributed by atoms with Crippen molar-refractivity contribution in [2.24, 2.45) is 0 Å². The van der Waals surface area contributed by atoms with Gasteiger partial charge in [-0.05, 0) is 44.9 Å². The fourth-order valence-electron chi connectivity index (χ4n) is 2.35. The van der Waals surface area contributed by atoms with E-state index >= 15 is 0 Å². The van der Waals surface area contributed by atoms with Gasteiger partial charge in [0.15, 0.2) is 0 Å². The lowest BCUT2D eigenvalue weighted by Gasteiger charge is -2.20. The lowest BCUT2D eigenvalue weighted by molar-refractivity contribution is -0.142. The van der Waals surface area contributed by atoms with E-state index in [1.165, 1.54) is 15.3 Å². The molecule has 1 saturated heterocycles. The van der Waals surface area contributed by atoms with Gasteiger partial charge in [0, 0.05) is 16.3 Å². The van der Waals surface area contributed by atoms with Crippen LogP contribution in [0.2, 0.25) is 0 Å². The Morgan fingerprint density at radius 3 is 2.94 bits per heavy atom. The maximum absolute atomic E-state index is 11.1. The number of hydrogen-bond donors (Lipinski definition) is 1. The van der Waals surface area contributed by atoms with E-state index in [2.05, 4.69) is 24.8 Å². The number of hydrogen-bond acceptors (Lipinski definition) is 3. The van der Waals surface area contributed by atoms with Crippen LogP contribution in [0.3, 0.4) is 0 Å². The van der Waals surface area contributed by atoms with Crippen LogP contribution in [0.25, 0.3) is 0 Å². The van der Waals surface area contributed by atoms with Gasteiger partial charge >= 0.3 is 5.97 Å². The summed E-state index contributed by atoms with van der Waals surface area (Å²) in [7, 11) is 0. The van der Waals surface area contributed by atoms with Crippen molar-refractivity contribution in [3.05, 3.63) is 21.4 Å². The van der Waals surface area contributed by atoms with Gasteiger partial charge in [-0.3, -0.25) is 9.69 Å². The first-order valence-electron chi connectivity index (χ1n) is 5.60. The van der Waals surface area contributed by atoms with E-state index in [1.807, 2.05) is 0 Å². The second-order valence-corrected chi connectivity index (χ2v) is 5.87. The zero-order valence-electron chi connectivity index (χ0n) is 9.69. The molecule has 1 aliphatic heterocycles. The van der Waals surface area contributed by atoms with Crippen molar-refractivity contribution < 1.29 is 9.90 Å². The van der Waals surface area contributed by atoms with Crippen LogP contribution in [0.1, 0.15) is 28.2 Å². The maximum Gasteiger partial charge on any atom is 0.320 e. The minimum absolute atomic E-state index is 0.278. The van der Waals surface area contributed by atoms with Gasteiger partial charge in [-0.1, -0.05) is 0 Å². The number of carboxylic acids is 1. The highest BCUT2D eigenvalue weighted by Crippen LogP contribution is 2.26. The monoisotopic (exact) mass is 239 g/mol. The summed E-state index contributed by atoms with van der Waals surface area (Å²) in [4.78, 5) is 15.8. The molecule has 1 atom stereocenters. The Labute approximate surface area is 99.7 Å². The molecule has 0 saturated carbocycles. The molecule has 0 amide bonds. The number of likely N-dealkylation sites (tertiary alicyclic amines) is 1. The molecule has 0 aliphatic carbocycles. The number of thiophene rings is 1.